The summed E-state index contributed by atoms with van der Waals surface area (Å²) in [4.78, 5) is 0. The van der Waals surface area contributed by atoms with Gasteiger partial charge in [0.1, 0.15) is 0 Å². The van der Waals surface area contributed by atoms with Crippen LogP contribution in [0, 0.1) is 23.2 Å². The van der Waals surface area contributed by atoms with Gasteiger partial charge >= 0.3 is 0 Å². The lowest BCUT2D eigenvalue weighted by molar-refractivity contribution is 0.0596. The molecule has 3 rings (SSSR count). The number of hydrogen-bond donors (Lipinski definition) is 2. The molecular weight excluding hydrogens is 356 g/mol. The van der Waals surface area contributed by atoms with Crippen LogP contribution in [0.25, 0.3) is 0 Å². The smallest absolute Gasteiger partial charge is 0.0591 e. The Bertz CT molecular complexity index is 650. The first kappa shape index (κ1) is 22.8. The number of hydrogen-bond acceptors (Lipinski definition) is 2. The van der Waals surface area contributed by atoms with Gasteiger partial charge in [-0.2, -0.15) is 0 Å². The largest absolute Gasteiger partial charge is 0.393 e. The third-order valence-electron chi connectivity index (χ3n) is 8.36. The number of allylic oxidation sites excluding steroid dienone is 4. The lowest BCUT2D eigenvalue weighted by Gasteiger charge is -2.44. The maximum Gasteiger partial charge on any atom is 0.0591 e. The summed E-state index contributed by atoms with van der Waals surface area (Å²) in [7, 11) is 0. The molecule has 0 spiro atoms. The van der Waals surface area contributed by atoms with Crippen molar-refractivity contribution in [2.75, 3.05) is 0 Å². The molecule has 0 heterocycles. The third kappa shape index (κ3) is 5.44. The van der Waals surface area contributed by atoms with E-state index >= 15 is 0 Å². The molecule has 2 nitrogen and oxygen atoms in total. The number of rotatable bonds is 6. The van der Waals surface area contributed by atoms with Gasteiger partial charge in [0.2, 0.25) is 0 Å². The van der Waals surface area contributed by atoms with E-state index in [2.05, 4.69) is 32.6 Å². The highest BCUT2D eigenvalue weighted by Gasteiger charge is 2.50. The molecule has 5 atom stereocenters. The summed E-state index contributed by atoms with van der Waals surface area (Å²) in [6, 6.07) is 0. The van der Waals surface area contributed by atoms with Crippen molar-refractivity contribution in [3.05, 3.63) is 35.5 Å². The van der Waals surface area contributed by atoms with E-state index in [1.807, 2.05) is 13.8 Å². The second kappa shape index (κ2) is 9.10. The molecule has 2 N–H and O–H groups in total. The van der Waals surface area contributed by atoms with Crippen LogP contribution in [-0.4, -0.2) is 21.9 Å². The first-order chi connectivity index (χ1) is 13.6. The number of aliphatic hydroxyl groups is 2. The maximum atomic E-state index is 10.0. The van der Waals surface area contributed by atoms with Crippen LogP contribution in [0.15, 0.2) is 35.5 Å². The van der Waals surface area contributed by atoms with E-state index in [0.29, 0.717) is 5.41 Å². The molecule has 0 unspecified atom stereocenters. The molecular formula is C27H44O2. The van der Waals surface area contributed by atoms with Crippen LogP contribution in [-0.2, 0) is 0 Å². The Morgan fingerprint density at radius 1 is 1.21 bits per heavy atom. The SMILES string of the molecule is C=C1CC[C@@H](O)C/C1=C/C=C1/CCC[C@]2(C)[C@@H]([C@H](C)CCCC(C)(C)O)CC[C@@H]12. The van der Waals surface area contributed by atoms with Gasteiger partial charge in [-0.3, -0.25) is 0 Å². The van der Waals surface area contributed by atoms with Gasteiger partial charge in [0.05, 0.1) is 11.7 Å². The first-order valence-electron chi connectivity index (χ1n) is 12.1. The predicted octanol–water partition coefficient (Wildman–Crippen LogP) is 6.73. The molecule has 0 aromatic carbocycles. The van der Waals surface area contributed by atoms with Crippen molar-refractivity contribution < 1.29 is 10.2 Å². The van der Waals surface area contributed by atoms with E-state index in [0.717, 1.165) is 49.9 Å². The summed E-state index contributed by atoms with van der Waals surface area (Å²) >= 11 is 0. The Morgan fingerprint density at radius 2 is 1.97 bits per heavy atom. The van der Waals surface area contributed by atoms with Gasteiger partial charge in [-0.05, 0) is 100 Å². The standard InChI is InChI=1S/C27H44O2/c1-19-10-13-23(28)18-22(19)12-11-21-9-7-17-27(5)24(14-15-25(21)27)20(2)8-6-16-26(3,4)29/h11-12,20,23-25,28-29H,1,6-10,13-18H2,2-5H3/b21-11-,22-12-/t20-,23-,24-,25+,27-/m1/s1. The Balaban J connectivity index is 1.68. The van der Waals surface area contributed by atoms with Gasteiger partial charge in [-0.15, -0.1) is 0 Å². The Morgan fingerprint density at radius 3 is 2.69 bits per heavy atom. The summed E-state index contributed by atoms with van der Waals surface area (Å²) in [5, 5.41) is 20.1. The molecule has 164 valence electrons. The highest BCUT2D eigenvalue weighted by molar-refractivity contribution is 5.36. The second-order valence-corrected chi connectivity index (χ2v) is 11.2. The van der Waals surface area contributed by atoms with Gasteiger partial charge in [0.15, 0.2) is 0 Å². The minimum atomic E-state index is -0.535. The number of fused-ring (bicyclic) bond motifs is 1. The van der Waals surface area contributed by atoms with Crippen molar-refractivity contribution in [3.8, 4) is 0 Å². The van der Waals surface area contributed by atoms with Crippen molar-refractivity contribution in [3.63, 3.8) is 0 Å². The summed E-state index contributed by atoms with van der Waals surface area (Å²) in [5.74, 6) is 2.26. The molecule has 3 aliphatic rings. The van der Waals surface area contributed by atoms with Crippen LogP contribution in [0.4, 0.5) is 0 Å². The zero-order chi connectivity index (χ0) is 21.2. The molecule has 0 aliphatic heterocycles. The Labute approximate surface area is 179 Å². The fourth-order valence-electron chi connectivity index (χ4n) is 6.67. The molecule has 3 aliphatic carbocycles. The minimum absolute atomic E-state index is 0.192. The number of aliphatic hydroxyl groups excluding tert-OH is 1. The molecule has 29 heavy (non-hydrogen) atoms. The quantitative estimate of drug-likeness (QED) is 0.518. The van der Waals surface area contributed by atoms with Crippen LogP contribution in [0.3, 0.4) is 0 Å². The van der Waals surface area contributed by atoms with Crippen molar-refractivity contribution in [1.82, 2.24) is 0 Å². The van der Waals surface area contributed by atoms with Crippen LogP contribution >= 0.6 is 0 Å². The molecule has 0 amide bonds. The van der Waals surface area contributed by atoms with Crippen molar-refractivity contribution in [1.29, 1.82) is 0 Å². The van der Waals surface area contributed by atoms with Crippen molar-refractivity contribution in [2.24, 2.45) is 23.2 Å². The lowest BCUT2D eigenvalue weighted by atomic mass is 9.60. The average Bonchev–Trinajstić information content (AvgIpc) is 2.99. The lowest BCUT2D eigenvalue weighted by Crippen LogP contribution is -2.36. The van der Waals surface area contributed by atoms with Gasteiger partial charge in [-0.25, -0.2) is 0 Å². The van der Waals surface area contributed by atoms with E-state index in [1.54, 1.807) is 5.57 Å². The highest BCUT2D eigenvalue weighted by atomic mass is 16.3. The molecule has 0 aromatic rings. The molecule has 3 fully saturated rings. The summed E-state index contributed by atoms with van der Waals surface area (Å²) in [5.41, 5.74) is 4.02. The summed E-state index contributed by atoms with van der Waals surface area (Å²) < 4.78 is 0. The minimum Gasteiger partial charge on any atom is -0.393 e. The fourth-order valence-corrected chi connectivity index (χ4v) is 6.67. The average molecular weight is 401 g/mol. The van der Waals surface area contributed by atoms with Crippen LogP contribution in [0.2, 0.25) is 0 Å². The second-order valence-electron chi connectivity index (χ2n) is 11.2. The van der Waals surface area contributed by atoms with E-state index < -0.39 is 5.60 Å². The summed E-state index contributed by atoms with van der Waals surface area (Å²) in [6.07, 6.45) is 16.9. The van der Waals surface area contributed by atoms with E-state index in [4.69, 9.17) is 0 Å². The van der Waals surface area contributed by atoms with Gasteiger partial charge in [0, 0.05) is 0 Å². The topological polar surface area (TPSA) is 40.5 Å². The molecule has 0 radical (unpaired) electrons. The first-order valence-corrected chi connectivity index (χ1v) is 12.1. The van der Waals surface area contributed by atoms with Crippen LogP contribution < -0.4 is 0 Å². The summed E-state index contributed by atoms with van der Waals surface area (Å²) in [6.45, 7) is 13.1. The molecule has 2 heteroatoms. The van der Waals surface area contributed by atoms with E-state index in [9.17, 15) is 10.2 Å². The monoisotopic (exact) mass is 400 g/mol. The highest BCUT2D eigenvalue weighted by Crippen LogP contribution is 2.60. The fraction of sp³-hybridized carbons (Fsp3) is 0.778. The molecule has 0 aromatic heterocycles. The van der Waals surface area contributed by atoms with E-state index in [-0.39, 0.29) is 6.10 Å². The molecule has 0 saturated heterocycles. The van der Waals surface area contributed by atoms with Crippen molar-refractivity contribution >= 4 is 0 Å². The zero-order valence-electron chi connectivity index (χ0n) is 19.3. The zero-order valence-corrected chi connectivity index (χ0v) is 19.3. The molecule has 0 bridgehead atoms. The predicted molar refractivity (Wildman–Crippen MR) is 123 cm³/mol. The normalized spacial score (nSPS) is 37.2. The van der Waals surface area contributed by atoms with Gasteiger partial charge in [0.25, 0.3) is 0 Å². The Kier molecular flexibility index (Phi) is 7.16. The van der Waals surface area contributed by atoms with Crippen LogP contribution in [0.1, 0.15) is 98.3 Å². The van der Waals surface area contributed by atoms with Gasteiger partial charge in [-0.1, -0.05) is 56.6 Å². The molecule has 3 saturated carbocycles. The van der Waals surface area contributed by atoms with Crippen molar-refractivity contribution in [2.45, 2.75) is 110 Å². The Hall–Kier alpha value is -0.860. The van der Waals surface area contributed by atoms with Gasteiger partial charge < -0.3 is 10.2 Å². The van der Waals surface area contributed by atoms with E-state index in [1.165, 1.54) is 49.7 Å². The third-order valence-corrected chi connectivity index (χ3v) is 8.36. The van der Waals surface area contributed by atoms with Crippen LogP contribution in [0.5, 0.6) is 0 Å². The maximum absolute atomic E-state index is 10.0.